The maximum absolute atomic E-state index is 4.40. The Kier molecular flexibility index (Phi) is 3.32. The molecule has 3 aromatic rings. The standard InChI is InChI=1S/C13H17N7/c1-3-19-9-11(7-16-19)8-18-6-5-14-12(18)13-15-10-17-20(13)4-2/h5-7,9-10H,3-4,8H2,1-2H3. The van der Waals surface area contributed by atoms with E-state index in [0.29, 0.717) is 0 Å². The van der Waals surface area contributed by atoms with Crippen LogP contribution in [0.25, 0.3) is 11.6 Å². The molecule has 0 radical (unpaired) electrons. The third-order valence-electron chi connectivity index (χ3n) is 3.19. The van der Waals surface area contributed by atoms with Gasteiger partial charge in [0.2, 0.25) is 0 Å². The van der Waals surface area contributed by atoms with Crippen molar-refractivity contribution in [2.24, 2.45) is 0 Å². The van der Waals surface area contributed by atoms with E-state index in [2.05, 4.69) is 31.7 Å². The maximum Gasteiger partial charge on any atom is 0.194 e. The second kappa shape index (κ2) is 5.28. The fourth-order valence-corrected chi connectivity index (χ4v) is 2.17. The van der Waals surface area contributed by atoms with Gasteiger partial charge in [0.05, 0.1) is 12.7 Å². The molecule has 3 rings (SSSR count). The Morgan fingerprint density at radius 1 is 1.05 bits per heavy atom. The van der Waals surface area contributed by atoms with E-state index in [9.17, 15) is 0 Å². The summed E-state index contributed by atoms with van der Waals surface area (Å²) in [5.41, 5.74) is 1.15. The maximum atomic E-state index is 4.40. The first-order valence-electron chi connectivity index (χ1n) is 6.72. The van der Waals surface area contributed by atoms with Gasteiger partial charge in [-0.1, -0.05) is 0 Å². The van der Waals surface area contributed by atoms with Crippen LogP contribution in [0.5, 0.6) is 0 Å². The van der Waals surface area contributed by atoms with E-state index in [-0.39, 0.29) is 0 Å². The van der Waals surface area contributed by atoms with Crippen molar-refractivity contribution >= 4 is 0 Å². The summed E-state index contributed by atoms with van der Waals surface area (Å²) < 4.78 is 5.82. The number of imidazole rings is 1. The largest absolute Gasteiger partial charge is 0.324 e. The first-order chi connectivity index (χ1) is 9.81. The summed E-state index contributed by atoms with van der Waals surface area (Å²) in [5.74, 6) is 1.62. The van der Waals surface area contributed by atoms with Crippen LogP contribution in [-0.4, -0.2) is 34.1 Å². The van der Waals surface area contributed by atoms with Crippen LogP contribution >= 0.6 is 0 Å². The van der Waals surface area contributed by atoms with Crippen molar-refractivity contribution in [1.29, 1.82) is 0 Å². The fourth-order valence-electron chi connectivity index (χ4n) is 2.17. The summed E-state index contributed by atoms with van der Waals surface area (Å²) in [5, 5.41) is 8.48. The lowest BCUT2D eigenvalue weighted by molar-refractivity contribution is 0.653. The van der Waals surface area contributed by atoms with Crippen molar-refractivity contribution in [3.05, 3.63) is 36.7 Å². The number of aromatic nitrogens is 7. The predicted molar refractivity (Wildman–Crippen MR) is 73.9 cm³/mol. The summed E-state index contributed by atoms with van der Waals surface area (Å²) in [6.45, 7) is 6.49. The van der Waals surface area contributed by atoms with Crippen LogP contribution in [0.3, 0.4) is 0 Å². The molecule has 0 aromatic carbocycles. The van der Waals surface area contributed by atoms with Gasteiger partial charge in [-0.05, 0) is 13.8 Å². The number of rotatable bonds is 5. The molecule has 0 fully saturated rings. The highest BCUT2D eigenvalue weighted by atomic mass is 15.3. The van der Waals surface area contributed by atoms with Gasteiger partial charge in [0.15, 0.2) is 11.6 Å². The smallest absolute Gasteiger partial charge is 0.194 e. The Labute approximate surface area is 116 Å². The zero-order valence-electron chi connectivity index (χ0n) is 11.6. The van der Waals surface area contributed by atoms with E-state index >= 15 is 0 Å². The highest BCUT2D eigenvalue weighted by molar-refractivity contribution is 5.43. The van der Waals surface area contributed by atoms with Gasteiger partial charge in [-0.15, -0.1) is 0 Å². The molecule has 7 heteroatoms. The number of hydrogen-bond donors (Lipinski definition) is 0. The van der Waals surface area contributed by atoms with Crippen LogP contribution in [0.2, 0.25) is 0 Å². The van der Waals surface area contributed by atoms with Gasteiger partial charge in [0.1, 0.15) is 6.33 Å². The number of hydrogen-bond acceptors (Lipinski definition) is 4. The second-order valence-corrected chi connectivity index (χ2v) is 4.48. The molecule has 0 saturated carbocycles. The van der Waals surface area contributed by atoms with Crippen LogP contribution in [0.15, 0.2) is 31.1 Å². The Morgan fingerprint density at radius 2 is 1.95 bits per heavy atom. The minimum Gasteiger partial charge on any atom is -0.324 e. The van der Waals surface area contributed by atoms with Gasteiger partial charge < -0.3 is 4.57 Å². The van der Waals surface area contributed by atoms with E-state index in [1.165, 1.54) is 0 Å². The summed E-state index contributed by atoms with van der Waals surface area (Å²) in [4.78, 5) is 8.70. The number of aryl methyl sites for hydroxylation is 2. The molecule has 0 spiro atoms. The summed E-state index contributed by atoms with van der Waals surface area (Å²) in [7, 11) is 0. The van der Waals surface area contributed by atoms with Gasteiger partial charge in [0, 0.05) is 37.2 Å². The summed E-state index contributed by atoms with van der Waals surface area (Å²) in [6.07, 6.45) is 9.24. The molecule has 3 heterocycles. The molecule has 0 atom stereocenters. The molecule has 0 unspecified atom stereocenters. The lowest BCUT2D eigenvalue weighted by Gasteiger charge is -2.06. The van der Waals surface area contributed by atoms with E-state index in [4.69, 9.17) is 0 Å². The van der Waals surface area contributed by atoms with Crippen molar-refractivity contribution in [2.75, 3.05) is 0 Å². The van der Waals surface area contributed by atoms with Crippen LogP contribution in [0.1, 0.15) is 19.4 Å². The number of nitrogens with zero attached hydrogens (tertiary/aromatic N) is 7. The van der Waals surface area contributed by atoms with Gasteiger partial charge in [-0.25, -0.2) is 14.6 Å². The predicted octanol–water partition coefficient (Wildman–Crippen LogP) is 1.43. The Hall–Kier alpha value is -2.44. The summed E-state index contributed by atoms with van der Waals surface area (Å²) in [6, 6.07) is 0. The molecular formula is C13H17N7. The minimum atomic E-state index is 0.728. The van der Waals surface area contributed by atoms with E-state index in [1.54, 1.807) is 12.5 Å². The zero-order chi connectivity index (χ0) is 13.9. The van der Waals surface area contributed by atoms with Gasteiger partial charge in [0.25, 0.3) is 0 Å². The minimum absolute atomic E-state index is 0.728. The zero-order valence-corrected chi connectivity index (χ0v) is 11.6. The molecule has 20 heavy (non-hydrogen) atoms. The monoisotopic (exact) mass is 271 g/mol. The Bertz CT molecular complexity index is 691. The molecule has 3 aromatic heterocycles. The quantitative estimate of drug-likeness (QED) is 0.704. The third-order valence-corrected chi connectivity index (χ3v) is 3.19. The molecule has 104 valence electrons. The van der Waals surface area contributed by atoms with Crippen LogP contribution in [0.4, 0.5) is 0 Å². The molecule has 0 N–H and O–H groups in total. The van der Waals surface area contributed by atoms with Crippen molar-refractivity contribution in [1.82, 2.24) is 34.1 Å². The first kappa shape index (κ1) is 12.6. The third kappa shape index (κ3) is 2.22. The van der Waals surface area contributed by atoms with E-state index in [1.807, 2.05) is 34.9 Å². The SMILES string of the molecule is CCn1cc(Cn2ccnc2-c2ncnn2CC)cn1. The van der Waals surface area contributed by atoms with Crippen molar-refractivity contribution in [3.63, 3.8) is 0 Å². The van der Waals surface area contributed by atoms with E-state index in [0.717, 1.165) is 36.8 Å². The van der Waals surface area contributed by atoms with Gasteiger partial charge >= 0.3 is 0 Å². The Morgan fingerprint density at radius 3 is 2.70 bits per heavy atom. The average Bonchev–Trinajstić information content (AvgIpc) is 3.18. The highest BCUT2D eigenvalue weighted by Crippen LogP contribution is 2.15. The molecule has 0 aliphatic carbocycles. The van der Waals surface area contributed by atoms with E-state index < -0.39 is 0 Å². The summed E-state index contributed by atoms with van der Waals surface area (Å²) >= 11 is 0. The van der Waals surface area contributed by atoms with Crippen molar-refractivity contribution < 1.29 is 0 Å². The second-order valence-electron chi connectivity index (χ2n) is 4.48. The van der Waals surface area contributed by atoms with Crippen LogP contribution in [0, 0.1) is 0 Å². The highest BCUT2D eigenvalue weighted by Gasteiger charge is 2.13. The van der Waals surface area contributed by atoms with Crippen LogP contribution < -0.4 is 0 Å². The van der Waals surface area contributed by atoms with Gasteiger partial charge in [-0.3, -0.25) is 4.68 Å². The van der Waals surface area contributed by atoms with Crippen molar-refractivity contribution in [3.8, 4) is 11.6 Å². The molecule has 0 bridgehead atoms. The lowest BCUT2D eigenvalue weighted by Crippen LogP contribution is -2.06. The molecular weight excluding hydrogens is 254 g/mol. The molecule has 0 saturated heterocycles. The molecule has 0 amide bonds. The molecule has 0 aliphatic rings. The fraction of sp³-hybridized carbons (Fsp3) is 0.385. The first-order valence-corrected chi connectivity index (χ1v) is 6.72. The molecule has 7 nitrogen and oxygen atoms in total. The van der Waals surface area contributed by atoms with Gasteiger partial charge in [-0.2, -0.15) is 10.2 Å². The molecule has 0 aliphatic heterocycles. The van der Waals surface area contributed by atoms with Crippen molar-refractivity contribution in [2.45, 2.75) is 33.5 Å². The topological polar surface area (TPSA) is 66.3 Å². The average molecular weight is 271 g/mol. The Balaban J connectivity index is 1.90. The van der Waals surface area contributed by atoms with Crippen LogP contribution in [-0.2, 0) is 19.6 Å². The lowest BCUT2D eigenvalue weighted by atomic mass is 10.3. The normalized spacial score (nSPS) is 11.1.